The molecule has 20 heavy (non-hydrogen) atoms. The monoisotopic (exact) mass is 331 g/mol. The zero-order valence-corrected chi connectivity index (χ0v) is 13.3. The largest absolute Gasteiger partial charge is 0.322 e. The van der Waals surface area contributed by atoms with E-state index in [1.54, 1.807) is 0 Å². The lowest BCUT2D eigenvalue weighted by atomic mass is 10.1. The summed E-state index contributed by atoms with van der Waals surface area (Å²) in [7, 11) is 0. The van der Waals surface area contributed by atoms with Gasteiger partial charge < -0.3 is 5.32 Å². The van der Waals surface area contributed by atoms with Crippen molar-refractivity contribution in [3.63, 3.8) is 0 Å². The minimum absolute atomic E-state index is 0.0889. The number of benzene rings is 2. The summed E-state index contributed by atoms with van der Waals surface area (Å²) in [5.41, 5.74) is 3.89. The molecule has 1 N–H and O–H groups in total. The molecule has 0 bridgehead atoms. The molecule has 0 aliphatic heterocycles. The van der Waals surface area contributed by atoms with E-state index in [1.165, 1.54) is 5.56 Å². The minimum Gasteiger partial charge on any atom is -0.322 e. The molecule has 0 fully saturated rings. The molecule has 3 heteroatoms. The van der Waals surface area contributed by atoms with Gasteiger partial charge in [-0.15, -0.1) is 0 Å². The van der Waals surface area contributed by atoms with E-state index in [0.717, 1.165) is 28.6 Å². The van der Waals surface area contributed by atoms with Gasteiger partial charge in [-0.05, 0) is 48.7 Å². The quantitative estimate of drug-likeness (QED) is 0.842. The fourth-order valence-electron chi connectivity index (χ4n) is 1.98. The van der Waals surface area contributed by atoms with E-state index in [4.69, 9.17) is 0 Å². The van der Waals surface area contributed by atoms with Gasteiger partial charge in [-0.25, -0.2) is 0 Å². The number of halogens is 1. The fraction of sp³-hybridized carbons (Fsp3) is 0.235. The van der Waals surface area contributed by atoms with Crippen molar-refractivity contribution in [2.75, 3.05) is 5.32 Å². The summed E-state index contributed by atoms with van der Waals surface area (Å²) in [5, 5.41) is 2.91. The van der Waals surface area contributed by atoms with Gasteiger partial charge in [0.25, 0.3) is 5.91 Å². The van der Waals surface area contributed by atoms with Crippen molar-refractivity contribution in [1.82, 2.24) is 0 Å². The lowest BCUT2D eigenvalue weighted by Gasteiger charge is -2.07. The van der Waals surface area contributed by atoms with Gasteiger partial charge in [0.15, 0.2) is 0 Å². The maximum Gasteiger partial charge on any atom is 0.255 e. The molecule has 0 atom stereocenters. The van der Waals surface area contributed by atoms with Crippen LogP contribution in [0.5, 0.6) is 0 Å². The Bertz CT molecular complexity index is 605. The van der Waals surface area contributed by atoms with Crippen LogP contribution in [0.2, 0.25) is 0 Å². The predicted molar refractivity (Wildman–Crippen MR) is 87.3 cm³/mol. The van der Waals surface area contributed by atoms with Crippen molar-refractivity contribution >= 4 is 27.5 Å². The van der Waals surface area contributed by atoms with Gasteiger partial charge in [0.1, 0.15) is 0 Å². The van der Waals surface area contributed by atoms with Gasteiger partial charge in [0.05, 0.1) is 0 Å². The van der Waals surface area contributed by atoms with Gasteiger partial charge in [-0.3, -0.25) is 4.79 Å². The zero-order chi connectivity index (χ0) is 14.5. The maximum atomic E-state index is 12.2. The van der Waals surface area contributed by atoms with Crippen LogP contribution in [-0.4, -0.2) is 5.91 Å². The van der Waals surface area contributed by atoms with Crippen molar-refractivity contribution in [3.05, 3.63) is 63.6 Å². The molecule has 0 unspecified atom stereocenters. The molecule has 0 heterocycles. The van der Waals surface area contributed by atoms with Gasteiger partial charge in [-0.1, -0.05) is 47.5 Å². The predicted octanol–water partition coefficient (Wildman–Crippen LogP) is 4.96. The Hall–Kier alpha value is -1.61. The third kappa shape index (κ3) is 3.70. The third-order valence-electron chi connectivity index (χ3n) is 3.18. The van der Waals surface area contributed by atoms with Crippen LogP contribution in [0.3, 0.4) is 0 Å². The molecule has 0 radical (unpaired) electrons. The van der Waals surface area contributed by atoms with E-state index in [0.29, 0.717) is 5.56 Å². The minimum atomic E-state index is -0.0889. The van der Waals surface area contributed by atoms with E-state index < -0.39 is 0 Å². The molecule has 104 valence electrons. The molecule has 0 saturated heterocycles. The molecule has 0 aromatic heterocycles. The van der Waals surface area contributed by atoms with Crippen LogP contribution in [0.15, 0.2) is 46.9 Å². The molecule has 0 spiro atoms. The summed E-state index contributed by atoms with van der Waals surface area (Å²) in [6.07, 6.45) is 2.20. The van der Waals surface area contributed by atoms with Gasteiger partial charge in [-0.2, -0.15) is 0 Å². The van der Waals surface area contributed by atoms with E-state index in [2.05, 4.69) is 40.3 Å². The first kappa shape index (κ1) is 14.8. The van der Waals surface area contributed by atoms with Crippen LogP contribution in [0.4, 0.5) is 5.69 Å². The molecule has 0 aliphatic rings. The van der Waals surface area contributed by atoms with Crippen molar-refractivity contribution < 1.29 is 4.79 Å². The van der Waals surface area contributed by atoms with Crippen LogP contribution >= 0.6 is 15.9 Å². The number of hydrogen-bond donors (Lipinski definition) is 1. The Balaban J connectivity index is 2.08. The first-order valence-corrected chi connectivity index (χ1v) is 7.56. The second-order valence-corrected chi connectivity index (χ2v) is 5.72. The molecule has 0 aliphatic carbocycles. The Morgan fingerprint density at radius 3 is 2.45 bits per heavy atom. The number of rotatable bonds is 4. The van der Waals surface area contributed by atoms with E-state index in [9.17, 15) is 4.79 Å². The summed E-state index contributed by atoms with van der Waals surface area (Å²) in [4.78, 5) is 12.2. The summed E-state index contributed by atoms with van der Waals surface area (Å²) in [6, 6.07) is 13.6. The fourth-order valence-corrected chi connectivity index (χ4v) is 2.36. The SMILES string of the molecule is CCCc1ccc(NC(=O)c2ccc(C)c(Br)c2)cc1. The topological polar surface area (TPSA) is 29.1 Å². The molecule has 2 aromatic rings. The highest BCUT2D eigenvalue weighted by Crippen LogP contribution is 2.19. The molecule has 0 saturated carbocycles. The smallest absolute Gasteiger partial charge is 0.255 e. The average molecular weight is 332 g/mol. The summed E-state index contributed by atoms with van der Waals surface area (Å²) in [6.45, 7) is 4.16. The highest BCUT2D eigenvalue weighted by atomic mass is 79.9. The number of hydrogen-bond acceptors (Lipinski definition) is 1. The van der Waals surface area contributed by atoms with Crippen LogP contribution in [-0.2, 0) is 6.42 Å². The van der Waals surface area contributed by atoms with E-state index in [1.807, 2.05) is 37.3 Å². The first-order valence-electron chi connectivity index (χ1n) is 6.76. The Morgan fingerprint density at radius 1 is 1.15 bits per heavy atom. The third-order valence-corrected chi connectivity index (χ3v) is 4.04. The van der Waals surface area contributed by atoms with Crippen molar-refractivity contribution in [3.8, 4) is 0 Å². The molecular formula is C17H18BrNO. The number of carbonyl (C=O) groups is 1. The average Bonchev–Trinajstić information content (AvgIpc) is 2.44. The second kappa shape index (κ2) is 6.71. The standard InChI is InChI=1S/C17H18BrNO/c1-3-4-13-6-9-15(10-7-13)19-17(20)14-8-5-12(2)16(18)11-14/h5-11H,3-4H2,1-2H3,(H,19,20). The molecule has 2 aromatic carbocycles. The van der Waals surface area contributed by atoms with E-state index >= 15 is 0 Å². The zero-order valence-electron chi connectivity index (χ0n) is 11.7. The maximum absolute atomic E-state index is 12.2. The summed E-state index contributed by atoms with van der Waals surface area (Å²) in [5.74, 6) is -0.0889. The van der Waals surface area contributed by atoms with Gasteiger partial charge >= 0.3 is 0 Å². The number of nitrogens with one attached hydrogen (secondary N) is 1. The van der Waals surface area contributed by atoms with Crippen LogP contribution < -0.4 is 5.32 Å². The Morgan fingerprint density at radius 2 is 1.85 bits per heavy atom. The lowest BCUT2D eigenvalue weighted by molar-refractivity contribution is 0.102. The van der Waals surface area contributed by atoms with Gasteiger partial charge in [0.2, 0.25) is 0 Å². The van der Waals surface area contributed by atoms with Crippen LogP contribution in [0.25, 0.3) is 0 Å². The second-order valence-electron chi connectivity index (χ2n) is 4.87. The van der Waals surface area contributed by atoms with Crippen LogP contribution in [0, 0.1) is 6.92 Å². The molecule has 2 nitrogen and oxygen atoms in total. The normalized spacial score (nSPS) is 10.3. The first-order chi connectivity index (χ1) is 9.60. The molecular weight excluding hydrogens is 314 g/mol. The number of anilines is 1. The Kier molecular flexibility index (Phi) is 4.96. The number of amides is 1. The lowest BCUT2D eigenvalue weighted by Crippen LogP contribution is -2.11. The molecule has 2 rings (SSSR count). The Labute approximate surface area is 128 Å². The van der Waals surface area contributed by atoms with E-state index in [-0.39, 0.29) is 5.91 Å². The van der Waals surface area contributed by atoms with Crippen LogP contribution in [0.1, 0.15) is 34.8 Å². The number of aryl methyl sites for hydroxylation is 2. The van der Waals surface area contributed by atoms with Gasteiger partial charge in [0, 0.05) is 15.7 Å². The van der Waals surface area contributed by atoms with Crippen molar-refractivity contribution in [2.45, 2.75) is 26.7 Å². The summed E-state index contributed by atoms with van der Waals surface area (Å²) >= 11 is 3.45. The summed E-state index contributed by atoms with van der Waals surface area (Å²) < 4.78 is 0.948. The van der Waals surface area contributed by atoms with Crippen molar-refractivity contribution in [2.24, 2.45) is 0 Å². The number of carbonyl (C=O) groups excluding carboxylic acids is 1. The highest BCUT2D eigenvalue weighted by Gasteiger charge is 2.07. The van der Waals surface area contributed by atoms with Crippen molar-refractivity contribution in [1.29, 1.82) is 0 Å². The highest BCUT2D eigenvalue weighted by molar-refractivity contribution is 9.10. The molecule has 1 amide bonds.